The summed E-state index contributed by atoms with van der Waals surface area (Å²) in [5.74, 6) is 3.75. The van der Waals surface area contributed by atoms with Crippen molar-refractivity contribution in [3.8, 4) is 11.5 Å². The molecule has 0 atom stereocenters. The maximum absolute atomic E-state index is 13.1. The summed E-state index contributed by atoms with van der Waals surface area (Å²) in [5, 5.41) is 5.66. The van der Waals surface area contributed by atoms with Gasteiger partial charge in [-0.15, -0.1) is 0 Å². The van der Waals surface area contributed by atoms with Gasteiger partial charge in [-0.2, -0.15) is 0 Å². The van der Waals surface area contributed by atoms with E-state index in [9.17, 15) is 9.59 Å². The molecule has 4 bridgehead atoms. The molecule has 7 rings (SSSR count). The van der Waals surface area contributed by atoms with Crippen molar-refractivity contribution in [1.29, 1.82) is 0 Å². The summed E-state index contributed by atoms with van der Waals surface area (Å²) in [6.07, 6.45) is 9.77. The molecule has 3 aromatic rings. The number of furan rings is 1. The molecular weight excluding hydrogens is 452 g/mol. The van der Waals surface area contributed by atoms with Crippen LogP contribution in [0.15, 0.2) is 65.3 Å². The minimum Gasteiger partial charge on any atom is -0.467 e. The van der Waals surface area contributed by atoms with Crippen LogP contribution in [0.5, 0.6) is 11.5 Å². The highest BCUT2D eigenvalue weighted by molar-refractivity contribution is 6.01. The molecule has 4 saturated carbocycles. The van der Waals surface area contributed by atoms with Gasteiger partial charge in [0, 0.05) is 6.92 Å². The van der Waals surface area contributed by atoms with Crippen molar-refractivity contribution >= 4 is 17.5 Å². The summed E-state index contributed by atoms with van der Waals surface area (Å²) in [6.45, 7) is 1.70. The molecule has 4 fully saturated rings. The first-order valence-corrected chi connectivity index (χ1v) is 13.0. The van der Waals surface area contributed by atoms with Gasteiger partial charge in [-0.25, -0.2) is 0 Å². The van der Waals surface area contributed by atoms with Gasteiger partial charge < -0.3 is 19.8 Å². The molecule has 4 aliphatic carbocycles. The minimum absolute atomic E-state index is 0.231. The van der Waals surface area contributed by atoms with Gasteiger partial charge >= 0.3 is 0 Å². The Balaban J connectivity index is 1.25. The highest BCUT2D eigenvalue weighted by atomic mass is 16.5. The van der Waals surface area contributed by atoms with Crippen molar-refractivity contribution in [1.82, 2.24) is 5.32 Å². The largest absolute Gasteiger partial charge is 0.467 e. The van der Waals surface area contributed by atoms with Crippen molar-refractivity contribution in [3.63, 3.8) is 0 Å². The number of rotatable bonds is 7. The standard InChI is InChI=1S/C30H32N2O4/c1-19(33)32-27-6-2-5-26(29(34)31-18-25-4-3-11-35-25)28(27)36-24-9-7-23(8-10-24)30-15-20-12-21(16-30)14-22(13-20)17-30/h2-11,20-22H,12-18H2,1H3,(H,31,34)(H,32,33). The second kappa shape index (κ2) is 9.16. The van der Waals surface area contributed by atoms with Gasteiger partial charge in [0.2, 0.25) is 5.91 Å². The highest BCUT2D eigenvalue weighted by Gasteiger charge is 2.51. The Morgan fingerprint density at radius 3 is 2.25 bits per heavy atom. The number of amides is 2. The third kappa shape index (κ3) is 4.41. The van der Waals surface area contributed by atoms with E-state index in [1.165, 1.54) is 51.0 Å². The number of para-hydroxylation sites is 1. The molecule has 1 aromatic heterocycles. The average Bonchev–Trinajstić information content (AvgIpc) is 3.37. The lowest BCUT2D eigenvalue weighted by molar-refractivity contribution is -0.114. The number of ether oxygens (including phenoxy) is 1. The molecule has 6 heteroatoms. The van der Waals surface area contributed by atoms with E-state index in [-0.39, 0.29) is 18.4 Å². The van der Waals surface area contributed by atoms with Crippen LogP contribution >= 0.6 is 0 Å². The quantitative estimate of drug-likeness (QED) is 0.405. The van der Waals surface area contributed by atoms with E-state index < -0.39 is 0 Å². The summed E-state index contributed by atoms with van der Waals surface area (Å²) in [6, 6.07) is 17.2. The smallest absolute Gasteiger partial charge is 0.255 e. The highest BCUT2D eigenvalue weighted by Crippen LogP contribution is 2.60. The maximum Gasteiger partial charge on any atom is 0.255 e. The first-order chi connectivity index (χ1) is 17.5. The number of hydrogen-bond donors (Lipinski definition) is 2. The third-order valence-corrected chi connectivity index (χ3v) is 8.30. The Kier molecular flexibility index (Phi) is 5.82. The van der Waals surface area contributed by atoms with Crippen LogP contribution in [0.1, 0.15) is 67.1 Å². The third-order valence-electron chi connectivity index (χ3n) is 8.30. The van der Waals surface area contributed by atoms with Gasteiger partial charge in [0.05, 0.1) is 24.1 Å². The zero-order valence-corrected chi connectivity index (χ0v) is 20.6. The summed E-state index contributed by atoms with van der Waals surface area (Å²) in [5.41, 5.74) is 2.54. The van der Waals surface area contributed by atoms with Crippen molar-refractivity contribution < 1.29 is 18.7 Å². The summed E-state index contributed by atoms with van der Waals surface area (Å²) in [7, 11) is 0. The van der Waals surface area contributed by atoms with Crippen LogP contribution < -0.4 is 15.4 Å². The number of carbonyl (C=O) groups is 2. The van der Waals surface area contributed by atoms with Crippen molar-refractivity contribution in [2.45, 2.75) is 57.4 Å². The lowest BCUT2D eigenvalue weighted by Gasteiger charge is -2.57. The lowest BCUT2D eigenvalue weighted by Crippen LogP contribution is -2.48. The number of carbonyl (C=O) groups excluding carboxylic acids is 2. The molecule has 36 heavy (non-hydrogen) atoms. The van der Waals surface area contributed by atoms with Crippen LogP contribution in [0, 0.1) is 17.8 Å². The van der Waals surface area contributed by atoms with Gasteiger partial charge in [0.15, 0.2) is 5.75 Å². The predicted octanol–water partition coefficient (Wildman–Crippen LogP) is 6.43. The molecule has 1 heterocycles. The van der Waals surface area contributed by atoms with Crippen molar-refractivity contribution in [3.05, 3.63) is 77.7 Å². The summed E-state index contributed by atoms with van der Waals surface area (Å²) >= 11 is 0. The first kappa shape index (κ1) is 22.9. The molecule has 6 nitrogen and oxygen atoms in total. The maximum atomic E-state index is 13.1. The fourth-order valence-electron chi connectivity index (χ4n) is 7.25. The second-order valence-electron chi connectivity index (χ2n) is 10.9. The van der Waals surface area contributed by atoms with E-state index in [1.54, 1.807) is 36.6 Å². The SMILES string of the molecule is CC(=O)Nc1cccc(C(=O)NCc2ccco2)c1Oc1ccc(C23CC4CC(CC(C4)C2)C3)cc1. The molecule has 0 radical (unpaired) electrons. The van der Waals surface area contributed by atoms with Gasteiger partial charge in [-0.05, 0) is 104 Å². The Labute approximate surface area is 211 Å². The molecule has 186 valence electrons. The Morgan fingerprint density at radius 2 is 1.64 bits per heavy atom. The number of nitrogens with one attached hydrogen (secondary N) is 2. The second-order valence-corrected chi connectivity index (χ2v) is 10.9. The first-order valence-electron chi connectivity index (χ1n) is 13.0. The Hall–Kier alpha value is -3.54. The zero-order valence-electron chi connectivity index (χ0n) is 20.6. The van der Waals surface area contributed by atoms with Gasteiger partial charge in [-0.1, -0.05) is 18.2 Å². The fraction of sp³-hybridized carbons (Fsp3) is 0.400. The normalized spacial score (nSPS) is 26.0. The molecule has 0 aliphatic heterocycles. The van der Waals surface area contributed by atoms with E-state index in [1.807, 2.05) is 12.1 Å². The van der Waals surface area contributed by atoms with Gasteiger partial charge in [0.1, 0.15) is 11.5 Å². The molecule has 0 spiro atoms. The zero-order chi connectivity index (χ0) is 24.7. The molecule has 4 aliphatic rings. The molecule has 0 unspecified atom stereocenters. The number of anilines is 1. The fourth-order valence-corrected chi connectivity index (χ4v) is 7.25. The minimum atomic E-state index is -0.307. The van der Waals surface area contributed by atoms with Crippen LogP contribution in [0.25, 0.3) is 0 Å². The summed E-state index contributed by atoms with van der Waals surface area (Å²) in [4.78, 5) is 24.9. The van der Waals surface area contributed by atoms with Crippen LogP contribution in [-0.2, 0) is 16.8 Å². The van der Waals surface area contributed by atoms with E-state index in [2.05, 4.69) is 22.8 Å². The van der Waals surface area contributed by atoms with Gasteiger partial charge in [-0.3, -0.25) is 9.59 Å². The van der Waals surface area contributed by atoms with Crippen LogP contribution in [0.4, 0.5) is 5.69 Å². The number of benzene rings is 2. The molecule has 0 saturated heterocycles. The van der Waals surface area contributed by atoms with E-state index >= 15 is 0 Å². The van der Waals surface area contributed by atoms with Crippen molar-refractivity contribution in [2.24, 2.45) is 17.8 Å². The predicted molar refractivity (Wildman–Crippen MR) is 137 cm³/mol. The van der Waals surface area contributed by atoms with E-state index in [0.29, 0.717) is 33.9 Å². The molecular formula is C30H32N2O4. The molecule has 2 aromatic carbocycles. The van der Waals surface area contributed by atoms with Crippen LogP contribution in [-0.4, -0.2) is 11.8 Å². The van der Waals surface area contributed by atoms with Crippen LogP contribution in [0.2, 0.25) is 0 Å². The van der Waals surface area contributed by atoms with Gasteiger partial charge in [0.25, 0.3) is 5.91 Å². The van der Waals surface area contributed by atoms with Crippen molar-refractivity contribution in [2.75, 3.05) is 5.32 Å². The monoisotopic (exact) mass is 484 g/mol. The van der Waals surface area contributed by atoms with Crippen LogP contribution in [0.3, 0.4) is 0 Å². The van der Waals surface area contributed by atoms with E-state index in [0.717, 1.165) is 17.8 Å². The summed E-state index contributed by atoms with van der Waals surface area (Å²) < 4.78 is 11.6. The molecule has 2 amide bonds. The average molecular weight is 485 g/mol. The van der Waals surface area contributed by atoms with E-state index in [4.69, 9.17) is 9.15 Å². The Bertz CT molecular complexity index is 1230. The molecule has 2 N–H and O–H groups in total. The number of hydrogen-bond acceptors (Lipinski definition) is 4. The lowest BCUT2D eigenvalue weighted by atomic mass is 9.48. The Morgan fingerprint density at radius 1 is 0.944 bits per heavy atom. The topological polar surface area (TPSA) is 80.6 Å².